The molecule has 5 aromatic rings. The third-order valence-electron chi connectivity index (χ3n) is 7.04. The van der Waals surface area contributed by atoms with E-state index in [1.807, 2.05) is 26.2 Å². The minimum Gasteiger partial charge on any atom is -0.366 e. The van der Waals surface area contributed by atoms with Gasteiger partial charge in [-0.15, -0.1) is 0 Å². The van der Waals surface area contributed by atoms with Crippen molar-refractivity contribution in [2.75, 3.05) is 0 Å². The second-order valence-electron chi connectivity index (χ2n) is 10.1. The summed E-state index contributed by atoms with van der Waals surface area (Å²) < 4.78 is 44.1. The summed E-state index contributed by atoms with van der Waals surface area (Å²) >= 11 is 0. The van der Waals surface area contributed by atoms with Crippen molar-refractivity contribution in [1.82, 2.24) is 14.9 Å². The highest BCUT2D eigenvalue weighted by Gasteiger charge is 2.23. The molecule has 6 nitrogen and oxygen atoms in total. The Hall–Kier alpha value is -4.92. The van der Waals surface area contributed by atoms with Gasteiger partial charge >= 0.3 is 0 Å². The number of nitrogens with two attached hydrogens (primary N) is 1. The van der Waals surface area contributed by atoms with Crippen molar-refractivity contribution in [2.45, 2.75) is 32.9 Å². The largest absolute Gasteiger partial charge is 0.366 e. The van der Waals surface area contributed by atoms with Crippen LogP contribution in [0.25, 0.3) is 21.9 Å². The topological polar surface area (TPSA) is 90.0 Å². The zero-order valence-electron chi connectivity index (χ0n) is 22.4. The van der Waals surface area contributed by atoms with E-state index in [1.54, 1.807) is 16.7 Å². The molecule has 0 spiro atoms. The molecule has 0 saturated heterocycles. The number of fused-ring (bicyclic) bond motifs is 1. The SMILES string of the molecule is Cc1cc2cn(CC(=O)N[C@@H](Cc3cc(F)cc(F)c3)c3ncccc3-c3ccc(F)c(C(N)=O)c3)cc2cc1C. The van der Waals surface area contributed by atoms with Crippen LogP contribution in [0.3, 0.4) is 0 Å². The lowest BCUT2D eigenvalue weighted by atomic mass is 9.94. The molecular weight excluding hydrogens is 529 g/mol. The number of benzene rings is 3. The first kappa shape index (κ1) is 27.6. The maximum atomic E-state index is 14.2. The molecule has 2 aromatic heterocycles. The van der Waals surface area contributed by atoms with E-state index in [1.165, 1.54) is 30.5 Å². The highest BCUT2D eigenvalue weighted by Crippen LogP contribution is 2.30. The van der Waals surface area contributed by atoms with Gasteiger partial charge < -0.3 is 15.6 Å². The van der Waals surface area contributed by atoms with E-state index < -0.39 is 29.4 Å². The fraction of sp³-hybridized carbons (Fsp3) is 0.156. The molecule has 0 unspecified atom stereocenters. The van der Waals surface area contributed by atoms with Gasteiger partial charge in [0, 0.05) is 30.2 Å². The summed E-state index contributed by atoms with van der Waals surface area (Å²) in [5.74, 6) is -3.55. The third kappa shape index (κ3) is 6.14. The zero-order valence-corrected chi connectivity index (χ0v) is 22.4. The van der Waals surface area contributed by atoms with E-state index in [-0.39, 0.29) is 24.4 Å². The fourth-order valence-electron chi connectivity index (χ4n) is 4.98. The van der Waals surface area contributed by atoms with Crippen LogP contribution in [-0.2, 0) is 17.8 Å². The van der Waals surface area contributed by atoms with Crippen LogP contribution < -0.4 is 11.1 Å². The Morgan fingerprint density at radius 1 is 0.927 bits per heavy atom. The minimum atomic E-state index is -0.931. The van der Waals surface area contributed by atoms with E-state index in [4.69, 9.17) is 5.73 Å². The summed E-state index contributed by atoms with van der Waals surface area (Å²) in [5, 5.41) is 4.96. The second kappa shape index (κ2) is 11.3. The molecule has 5 rings (SSSR count). The quantitative estimate of drug-likeness (QED) is 0.248. The molecule has 0 aliphatic rings. The van der Waals surface area contributed by atoms with Crippen LogP contribution in [0.5, 0.6) is 0 Å². The standard InChI is InChI=1S/C32H27F3N4O2/c1-18-8-22-15-39(16-23(22)9-19(18)2)17-30(40)38-29(12-20-10-24(33)14-25(34)11-20)31-26(4-3-7-37-31)21-5-6-28(35)27(13-21)32(36)41/h3-11,13-16,29H,12,17H2,1-2H3,(H2,36,41)(H,38,40)/t29-/m0/s1. The number of halogens is 3. The van der Waals surface area contributed by atoms with Gasteiger partial charge in [-0.1, -0.05) is 12.1 Å². The van der Waals surface area contributed by atoms with Crippen molar-refractivity contribution < 1.29 is 22.8 Å². The fourth-order valence-corrected chi connectivity index (χ4v) is 4.98. The average molecular weight is 557 g/mol. The first-order chi connectivity index (χ1) is 19.6. The van der Waals surface area contributed by atoms with Crippen molar-refractivity contribution in [1.29, 1.82) is 0 Å². The van der Waals surface area contributed by atoms with Crippen molar-refractivity contribution in [2.24, 2.45) is 5.73 Å². The van der Waals surface area contributed by atoms with Crippen LogP contribution >= 0.6 is 0 Å². The van der Waals surface area contributed by atoms with Crippen LogP contribution in [0.2, 0.25) is 0 Å². The van der Waals surface area contributed by atoms with Crippen LogP contribution in [-0.4, -0.2) is 21.4 Å². The highest BCUT2D eigenvalue weighted by atomic mass is 19.1. The third-order valence-corrected chi connectivity index (χ3v) is 7.04. The molecule has 0 radical (unpaired) electrons. The lowest BCUT2D eigenvalue weighted by Crippen LogP contribution is -2.33. The number of pyridine rings is 1. The monoisotopic (exact) mass is 556 g/mol. The van der Waals surface area contributed by atoms with Crippen molar-refractivity contribution >= 4 is 22.6 Å². The predicted octanol–water partition coefficient (Wildman–Crippen LogP) is 5.94. The highest BCUT2D eigenvalue weighted by molar-refractivity contribution is 5.94. The Morgan fingerprint density at radius 3 is 2.22 bits per heavy atom. The van der Waals surface area contributed by atoms with Gasteiger partial charge in [0.05, 0.1) is 17.3 Å². The Kier molecular flexibility index (Phi) is 7.61. The van der Waals surface area contributed by atoms with E-state index in [0.717, 1.165) is 34.0 Å². The lowest BCUT2D eigenvalue weighted by molar-refractivity contribution is -0.122. The number of hydrogen-bond donors (Lipinski definition) is 2. The second-order valence-corrected chi connectivity index (χ2v) is 10.1. The van der Waals surface area contributed by atoms with E-state index in [9.17, 15) is 22.8 Å². The van der Waals surface area contributed by atoms with Crippen LogP contribution in [0.1, 0.15) is 38.8 Å². The Balaban J connectivity index is 1.51. The first-order valence-electron chi connectivity index (χ1n) is 12.9. The van der Waals surface area contributed by atoms with Gasteiger partial charge in [0.2, 0.25) is 5.91 Å². The Labute approximate surface area is 234 Å². The smallest absolute Gasteiger partial charge is 0.251 e. The molecule has 3 aromatic carbocycles. The van der Waals surface area contributed by atoms with Crippen molar-refractivity contribution in [3.63, 3.8) is 0 Å². The molecule has 9 heteroatoms. The summed E-state index contributed by atoms with van der Waals surface area (Å²) in [6.07, 6.45) is 5.30. The van der Waals surface area contributed by atoms with Crippen molar-refractivity contribution in [3.05, 3.63) is 125 Å². The number of primary amides is 1. The summed E-state index contributed by atoms with van der Waals surface area (Å²) in [5.41, 5.74) is 8.95. The first-order valence-corrected chi connectivity index (χ1v) is 12.9. The molecule has 41 heavy (non-hydrogen) atoms. The lowest BCUT2D eigenvalue weighted by Gasteiger charge is -2.22. The van der Waals surface area contributed by atoms with Gasteiger partial charge in [0.1, 0.15) is 24.0 Å². The van der Waals surface area contributed by atoms with Gasteiger partial charge in [-0.05, 0) is 95.8 Å². The van der Waals surface area contributed by atoms with Crippen molar-refractivity contribution in [3.8, 4) is 11.1 Å². The van der Waals surface area contributed by atoms with Crippen LogP contribution in [0, 0.1) is 31.3 Å². The maximum absolute atomic E-state index is 14.2. The van der Waals surface area contributed by atoms with Crippen LogP contribution in [0.15, 0.2) is 79.3 Å². The molecule has 2 heterocycles. The van der Waals surface area contributed by atoms with Gasteiger partial charge in [-0.25, -0.2) is 13.2 Å². The normalized spacial score (nSPS) is 11.9. The summed E-state index contributed by atoms with van der Waals surface area (Å²) in [6.45, 7) is 4.04. The maximum Gasteiger partial charge on any atom is 0.251 e. The number of nitrogens with zero attached hydrogens (tertiary/aromatic N) is 2. The number of hydrogen-bond acceptors (Lipinski definition) is 3. The Bertz CT molecular complexity index is 1740. The molecule has 1 atom stereocenters. The van der Waals surface area contributed by atoms with Gasteiger partial charge in [0.15, 0.2) is 0 Å². The zero-order chi connectivity index (χ0) is 29.3. The molecule has 0 aliphatic heterocycles. The van der Waals surface area contributed by atoms with Crippen LogP contribution in [0.4, 0.5) is 13.2 Å². The van der Waals surface area contributed by atoms with E-state index in [0.29, 0.717) is 22.4 Å². The Morgan fingerprint density at radius 2 is 1.59 bits per heavy atom. The summed E-state index contributed by atoms with van der Waals surface area (Å²) in [4.78, 5) is 29.6. The number of amides is 2. The molecular formula is C32H27F3N4O2. The number of aromatic nitrogens is 2. The molecule has 0 aliphatic carbocycles. The van der Waals surface area contributed by atoms with Gasteiger partial charge in [0.25, 0.3) is 5.91 Å². The number of nitrogens with one attached hydrogen (secondary N) is 1. The minimum absolute atomic E-state index is 0.00861. The van der Waals surface area contributed by atoms with E-state index >= 15 is 0 Å². The molecule has 0 bridgehead atoms. The van der Waals surface area contributed by atoms with Gasteiger partial charge in [-0.3, -0.25) is 14.6 Å². The summed E-state index contributed by atoms with van der Waals surface area (Å²) in [7, 11) is 0. The number of carbonyl (C=O) groups excluding carboxylic acids is 2. The number of rotatable bonds is 8. The van der Waals surface area contributed by atoms with Gasteiger partial charge in [-0.2, -0.15) is 0 Å². The average Bonchev–Trinajstić information content (AvgIpc) is 3.28. The molecule has 2 amide bonds. The molecule has 0 fully saturated rings. The molecule has 208 valence electrons. The number of carbonyl (C=O) groups is 2. The number of aryl methyl sites for hydroxylation is 2. The summed E-state index contributed by atoms with van der Waals surface area (Å²) in [6, 6.07) is 13.7. The molecule has 3 N–H and O–H groups in total. The van der Waals surface area contributed by atoms with E-state index in [2.05, 4.69) is 22.4 Å². The predicted molar refractivity (Wildman–Crippen MR) is 151 cm³/mol. The molecule has 0 saturated carbocycles.